The van der Waals surface area contributed by atoms with Gasteiger partial charge < -0.3 is 8.83 Å². The lowest BCUT2D eigenvalue weighted by Gasteiger charge is -2.29. The van der Waals surface area contributed by atoms with Crippen LogP contribution < -0.4 is 0 Å². The Morgan fingerprint density at radius 2 is 1.55 bits per heavy atom. The molecule has 20 heavy (non-hydrogen) atoms. The highest BCUT2D eigenvalue weighted by Crippen LogP contribution is 2.41. The van der Waals surface area contributed by atoms with E-state index in [1.54, 1.807) is 24.3 Å². The van der Waals surface area contributed by atoms with Crippen LogP contribution in [0, 0.1) is 10.1 Å². The van der Waals surface area contributed by atoms with E-state index in [1.807, 2.05) is 0 Å². The van der Waals surface area contributed by atoms with Crippen LogP contribution in [0.25, 0.3) is 0 Å². The van der Waals surface area contributed by atoms with Gasteiger partial charge in [0.05, 0.1) is 24.4 Å². The number of nitro groups is 1. The molecule has 0 aliphatic heterocycles. The molecule has 0 radical (unpaired) electrons. The van der Waals surface area contributed by atoms with Gasteiger partial charge in [0.2, 0.25) is 6.04 Å². The number of Topliss-reactive ketones (excluding diaryl/α,β-unsaturated/α-hetero) is 1. The van der Waals surface area contributed by atoms with Crippen LogP contribution in [0.5, 0.6) is 0 Å². The molecule has 2 atom stereocenters. The number of nitrogens with zero attached hydrogens (tertiary/aromatic N) is 1. The third-order valence-corrected chi connectivity index (χ3v) is 3.78. The van der Waals surface area contributed by atoms with Crippen molar-refractivity contribution in [2.24, 2.45) is 0 Å². The van der Waals surface area contributed by atoms with Crippen molar-refractivity contribution in [3.63, 3.8) is 0 Å². The third kappa shape index (κ3) is 2.13. The van der Waals surface area contributed by atoms with E-state index >= 15 is 0 Å². The maximum absolute atomic E-state index is 11.9. The Labute approximate surface area is 114 Å². The van der Waals surface area contributed by atoms with Gasteiger partial charge in [0.25, 0.3) is 0 Å². The van der Waals surface area contributed by atoms with Crippen LogP contribution in [0.2, 0.25) is 0 Å². The minimum atomic E-state index is -0.912. The molecule has 104 valence electrons. The fourth-order valence-corrected chi connectivity index (χ4v) is 2.93. The molecule has 0 bridgehead atoms. The Morgan fingerprint density at radius 3 is 1.90 bits per heavy atom. The van der Waals surface area contributed by atoms with Gasteiger partial charge in [-0.1, -0.05) is 0 Å². The van der Waals surface area contributed by atoms with Crippen LogP contribution in [0.4, 0.5) is 0 Å². The van der Waals surface area contributed by atoms with Gasteiger partial charge >= 0.3 is 0 Å². The molecule has 0 unspecified atom stereocenters. The predicted molar refractivity (Wildman–Crippen MR) is 67.9 cm³/mol. The highest BCUT2D eigenvalue weighted by Gasteiger charge is 2.48. The third-order valence-electron chi connectivity index (χ3n) is 3.78. The lowest BCUT2D eigenvalue weighted by molar-refractivity contribution is -0.533. The van der Waals surface area contributed by atoms with Crippen molar-refractivity contribution in [2.75, 3.05) is 0 Å². The normalized spacial score (nSPS) is 23.9. The summed E-state index contributed by atoms with van der Waals surface area (Å²) in [5.74, 6) is -0.133. The van der Waals surface area contributed by atoms with Crippen LogP contribution in [-0.4, -0.2) is 16.7 Å². The Bertz CT molecular complexity index is 555. The molecular weight excluding hydrogens is 262 g/mol. The predicted octanol–water partition coefficient (Wildman–Crippen LogP) is 2.75. The molecule has 0 aromatic carbocycles. The number of hydrogen-bond acceptors (Lipinski definition) is 5. The molecule has 3 rings (SSSR count). The Balaban J connectivity index is 2.01. The molecule has 1 fully saturated rings. The van der Waals surface area contributed by atoms with E-state index in [0.29, 0.717) is 11.5 Å². The molecular formula is C14H13NO5. The van der Waals surface area contributed by atoms with Gasteiger partial charge in [-0.3, -0.25) is 14.9 Å². The second kappa shape index (κ2) is 4.96. The van der Waals surface area contributed by atoms with E-state index in [-0.39, 0.29) is 23.5 Å². The van der Waals surface area contributed by atoms with Gasteiger partial charge in [-0.2, -0.15) is 0 Å². The zero-order valence-electron chi connectivity index (χ0n) is 10.6. The summed E-state index contributed by atoms with van der Waals surface area (Å²) in [5.41, 5.74) is 0. The molecule has 0 amide bonds. The maximum atomic E-state index is 11.9. The van der Waals surface area contributed by atoms with E-state index in [0.717, 1.165) is 0 Å². The van der Waals surface area contributed by atoms with Gasteiger partial charge in [-0.25, -0.2) is 0 Å². The smallest absolute Gasteiger partial charge is 0.233 e. The lowest BCUT2D eigenvalue weighted by Crippen LogP contribution is -2.40. The van der Waals surface area contributed by atoms with Crippen molar-refractivity contribution in [1.82, 2.24) is 0 Å². The summed E-state index contributed by atoms with van der Waals surface area (Å²) in [6.07, 6.45) is 3.20. The molecule has 2 aromatic rings. The zero-order chi connectivity index (χ0) is 14.1. The molecule has 6 heteroatoms. The maximum Gasteiger partial charge on any atom is 0.233 e. The average molecular weight is 275 g/mol. The summed E-state index contributed by atoms with van der Waals surface area (Å²) in [5, 5.41) is 11.5. The van der Waals surface area contributed by atoms with Crippen LogP contribution in [-0.2, 0) is 4.79 Å². The molecule has 1 aliphatic carbocycles. The first kappa shape index (κ1) is 12.7. The van der Waals surface area contributed by atoms with Crippen molar-refractivity contribution < 1.29 is 18.6 Å². The van der Waals surface area contributed by atoms with Crippen molar-refractivity contribution in [2.45, 2.75) is 30.7 Å². The van der Waals surface area contributed by atoms with E-state index < -0.39 is 17.9 Å². The van der Waals surface area contributed by atoms with Crippen LogP contribution in [0.1, 0.15) is 36.2 Å². The number of hydrogen-bond donors (Lipinski definition) is 0. The highest BCUT2D eigenvalue weighted by molar-refractivity contribution is 5.81. The second-order valence-corrected chi connectivity index (χ2v) is 4.97. The van der Waals surface area contributed by atoms with Crippen LogP contribution in [0.15, 0.2) is 45.6 Å². The summed E-state index contributed by atoms with van der Waals surface area (Å²) < 4.78 is 10.6. The fourth-order valence-electron chi connectivity index (χ4n) is 2.93. The van der Waals surface area contributed by atoms with E-state index in [2.05, 4.69) is 0 Å². The monoisotopic (exact) mass is 275 g/mol. The summed E-state index contributed by atoms with van der Waals surface area (Å²) in [6.45, 7) is 0. The SMILES string of the molecule is O=C1C[C@H](c2ccco2)C([N+](=O)[O-])[C@@H](c2ccco2)C1. The van der Waals surface area contributed by atoms with Crippen LogP contribution >= 0.6 is 0 Å². The highest BCUT2D eigenvalue weighted by atomic mass is 16.6. The molecule has 2 aromatic heterocycles. The standard InChI is InChI=1S/C14H13NO5/c16-9-7-10(12-3-1-5-19-12)14(15(17)18)11(8-9)13-4-2-6-20-13/h1-6,10-11,14H,7-8H2/t10-,11-/m1/s1. The topological polar surface area (TPSA) is 86.5 Å². The minimum absolute atomic E-state index is 0.00843. The Morgan fingerprint density at radius 1 is 1.05 bits per heavy atom. The molecule has 0 N–H and O–H groups in total. The number of carbonyl (C=O) groups is 1. The Hall–Kier alpha value is -2.37. The number of furan rings is 2. The molecule has 2 heterocycles. The van der Waals surface area contributed by atoms with Crippen molar-refractivity contribution >= 4 is 5.78 Å². The summed E-state index contributed by atoms with van der Waals surface area (Å²) in [6, 6.07) is 5.79. The number of ketones is 1. The average Bonchev–Trinajstić information content (AvgIpc) is 3.11. The molecule has 6 nitrogen and oxygen atoms in total. The minimum Gasteiger partial charge on any atom is -0.469 e. The first-order chi connectivity index (χ1) is 9.66. The van der Waals surface area contributed by atoms with Gasteiger partial charge in [-0.05, 0) is 24.3 Å². The molecule has 0 saturated heterocycles. The van der Waals surface area contributed by atoms with Gasteiger partial charge in [0.15, 0.2) is 0 Å². The van der Waals surface area contributed by atoms with Crippen LogP contribution in [0.3, 0.4) is 0 Å². The van der Waals surface area contributed by atoms with Gasteiger partial charge in [0.1, 0.15) is 17.3 Å². The van der Waals surface area contributed by atoms with Gasteiger partial charge in [-0.15, -0.1) is 0 Å². The quantitative estimate of drug-likeness (QED) is 0.635. The van der Waals surface area contributed by atoms with E-state index in [9.17, 15) is 14.9 Å². The summed E-state index contributed by atoms with van der Waals surface area (Å²) in [4.78, 5) is 23.1. The summed E-state index contributed by atoms with van der Waals surface area (Å²) in [7, 11) is 0. The molecule has 1 aliphatic rings. The molecule has 1 saturated carbocycles. The Kier molecular flexibility index (Phi) is 3.14. The first-order valence-electron chi connectivity index (χ1n) is 6.39. The fraction of sp³-hybridized carbons (Fsp3) is 0.357. The van der Waals surface area contributed by atoms with Crippen molar-refractivity contribution in [3.8, 4) is 0 Å². The lowest BCUT2D eigenvalue weighted by atomic mass is 9.74. The van der Waals surface area contributed by atoms with Crippen molar-refractivity contribution in [3.05, 3.63) is 58.4 Å². The zero-order valence-corrected chi connectivity index (χ0v) is 10.6. The van der Waals surface area contributed by atoms with E-state index in [1.165, 1.54) is 12.5 Å². The van der Waals surface area contributed by atoms with E-state index in [4.69, 9.17) is 8.83 Å². The largest absolute Gasteiger partial charge is 0.469 e. The summed E-state index contributed by atoms with van der Waals surface area (Å²) >= 11 is 0. The van der Waals surface area contributed by atoms with Gasteiger partial charge in [0, 0.05) is 17.8 Å². The number of rotatable bonds is 3. The molecule has 0 spiro atoms. The second-order valence-electron chi connectivity index (χ2n) is 4.97. The first-order valence-corrected chi connectivity index (χ1v) is 6.39. The van der Waals surface area contributed by atoms with Crippen molar-refractivity contribution in [1.29, 1.82) is 0 Å². The number of carbonyl (C=O) groups excluding carboxylic acids is 1.